The van der Waals surface area contributed by atoms with E-state index in [1.54, 1.807) is 0 Å². The van der Waals surface area contributed by atoms with Crippen LogP contribution in [-0.2, 0) is 22.4 Å². The molecule has 0 amide bonds. The number of imidazole rings is 1. The number of aryl methyl sites for hydroxylation is 1. The number of pyridine rings is 1. The van der Waals surface area contributed by atoms with Crippen LogP contribution in [0.2, 0.25) is 5.02 Å². The van der Waals surface area contributed by atoms with Crippen molar-refractivity contribution < 1.29 is 9.47 Å². The summed E-state index contributed by atoms with van der Waals surface area (Å²) in [5.41, 5.74) is 2.83. The Bertz CT molecular complexity index is 1000. The summed E-state index contributed by atoms with van der Waals surface area (Å²) >= 11 is 6.19. The number of ether oxygens (including phenoxy) is 2. The summed E-state index contributed by atoms with van der Waals surface area (Å²) in [6.45, 7) is 10.5. The fourth-order valence-corrected chi connectivity index (χ4v) is 3.95. The summed E-state index contributed by atoms with van der Waals surface area (Å²) in [5.74, 6) is 0.585. The van der Waals surface area contributed by atoms with Crippen LogP contribution in [-0.4, -0.2) is 33.5 Å². The Kier molecular flexibility index (Phi) is 5.10. The van der Waals surface area contributed by atoms with Gasteiger partial charge in [0.2, 0.25) is 0 Å². The first-order valence-electron chi connectivity index (χ1n) is 10.0. The topological polar surface area (TPSA) is 49.2 Å². The molecule has 1 fully saturated rings. The van der Waals surface area contributed by atoms with Crippen LogP contribution in [0, 0.1) is 5.41 Å². The van der Waals surface area contributed by atoms with E-state index < -0.39 is 5.79 Å². The summed E-state index contributed by atoms with van der Waals surface area (Å²) < 4.78 is 14.3. The van der Waals surface area contributed by atoms with E-state index in [-0.39, 0.29) is 5.41 Å². The molecule has 0 N–H and O–H groups in total. The third kappa shape index (κ3) is 3.76. The SMILES string of the molecule is CCCCc1nc2cnc3cc(Cl)ccc3c2n1CC1(C)COC(C)(C)OC1. The quantitative estimate of drug-likeness (QED) is 0.576. The van der Waals surface area contributed by atoms with Gasteiger partial charge in [-0.2, -0.15) is 0 Å². The van der Waals surface area contributed by atoms with Gasteiger partial charge < -0.3 is 14.0 Å². The third-order valence-corrected chi connectivity index (χ3v) is 5.68. The second-order valence-electron chi connectivity index (χ2n) is 8.66. The van der Waals surface area contributed by atoms with Gasteiger partial charge in [-0.25, -0.2) is 4.98 Å². The highest BCUT2D eigenvalue weighted by Gasteiger charge is 2.37. The van der Waals surface area contributed by atoms with Crippen molar-refractivity contribution in [2.45, 2.75) is 59.3 Å². The highest BCUT2D eigenvalue weighted by Crippen LogP contribution is 2.34. The largest absolute Gasteiger partial charge is 0.350 e. The second kappa shape index (κ2) is 7.29. The number of aromatic nitrogens is 3. The van der Waals surface area contributed by atoms with Crippen molar-refractivity contribution in [1.29, 1.82) is 0 Å². The molecule has 6 heteroatoms. The van der Waals surface area contributed by atoms with Gasteiger partial charge in [0.25, 0.3) is 0 Å². The first-order chi connectivity index (χ1) is 13.3. The predicted octanol–water partition coefficient (Wildman–Crippen LogP) is 5.37. The van der Waals surface area contributed by atoms with Crippen LogP contribution in [0.5, 0.6) is 0 Å². The number of hydrogen-bond donors (Lipinski definition) is 0. The average molecular weight is 402 g/mol. The first-order valence-corrected chi connectivity index (χ1v) is 10.4. The van der Waals surface area contributed by atoms with E-state index in [0.717, 1.165) is 53.6 Å². The fraction of sp³-hybridized carbons (Fsp3) is 0.545. The monoisotopic (exact) mass is 401 g/mol. The molecular formula is C22H28ClN3O2. The lowest BCUT2D eigenvalue weighted by Gasteiger charge is -2.41. The van der Waals surface area contributed by atoms with Crippen LogP contribution < -0.4 is 0 Å². The Balaban J connectivity index is 1.82. The van der Waals surface area contributed by atoms with Crippen molar-refractivity contribution in [3.05, 3.63) is 35.2 Å². The van der Waals surface area contributed by atoms with Crippen LogP contribution in [0.4, 0.5) is 0 Å². The molecule has 4 rings (SSSR count). The lowest BCUT2D eigenvalue weighted by Crippen LogP contribution is -2.47. The van der Waals surface area contributed by atoms with Gasteiger partial charge in [0, 0.05) is 28.8 Å². The minimum absolute atomic E-state index is 0.119. The summed E-state index contributed by atoms with van der Waals surface area (Å²) in [7, 11) is 0. The maximum absolute atomic E-state index is 6.19. The number of rotatable bonds is 5. The number of halogens is 1. The smallest absolute Gasteiger partial charge is 0.162 e. The summed E-state index contributed by atoms with van der Waals surface area (Å²) in [5, 5.41) is 1.78. The number of benzene rings is 1. The predicted molar refractivity (Wildman–Crippen MR) is 113 cm³/mol. The van der Waals surface area contributed by atoms with Crippen molar-refractivity contribution in [3.63, 3.8) is 0 Å². The van der Waals surface area contributed by atoms with Crippen molar-refractivity contribution in [3.8, 4) is 0 Å². The van der Waals surface area contributed by atoms with Crippen molar-refractivity contribution in [2.24, 2.45) is 5.41 Å². The lowest BCUT2D eigenvalue weighted by molar-refractivity contribution is -0.284. The minimum atomic E-state index is -0.519. The van der Waals surface area contributed by atoms with Gasteiger partial charge in [-0.15, -0.1) is 0 Å². The molecule has 1 aliphatic heterocycles. The Morgan fingerprint density at radius 2 is 1.89 bits per heavy atom. The minimum Gasteiger partial charge on any atom is -0.350 e. The van der Waals surface area contributed by atoms with Gasteiger partial charge in [-0.05, 0) is 38.5 Å². The second-order valence-corrected chi connectivity index (χ2v) is 9.10. The summed E-state index contributed by atoms with van der Waals surface area (Å²) in [4.78, 5) is 9.51. The fourth-order valence-electron chi connectivity index (χ4n) is 3.78. The Morgan fingerprint density at radius 3 is 2.61 bits per heavy atom. The van der Waals surface area contributed by atoms with Gasteiger partial charge in [-0.3, -0.25) is 4.98 Å². The van der Waals surface area contributed by atoms with Gasteiger partial charge in [-0.1, -0.05) is 31.9 Å². The zero-order chi connectivity index (χ0) is 19.9. The molecule has 150 valence electrons. The molecule has 1 aliphatic rings. The Labute approximate surface area is 171 Å². The van der Waals surface area contributed by atoms with E-state index >= 15 is 0 Å². The van der Waals surface area contributed by atoms with Gasteiger partial charge in [0.15, 0.2) is 5.79 Å². The van der Waals surface area contributed by atoms with Crippen molar-refractivity contribution in [2.75, 3.05) is 13.2 Å². The third-order valence-electron chi connectivity index (χ3n) is 5.44. The standard InChI is InChI=1S/C22H28ClN3O2/c1-5-6-7-19-25-18-11-24-17-10-15(23)8-9-16(17)20(18)26(19)12-22(4)13-27-21(2,3)28-14-22/h8-11H,5-7,12-14H2,1-4H3. The van der Waals surface area contributed by atoms with Crippen LogP contribution in [0.3, 0.4) is 0 Å². The molecule has 3 heterocycles. The van der Waals surface area contributed by atoms with Crippen LogP contribution in [0.25, 0.3) is 21.9 Å². The normalized spacial score (nSPS) is 18.8. The highest BCUT2D eigenvalue weighted by atomic mass is 35.5. The van der Waals surface area contributed by atoms with Gasteiger partial charge in [0.1, 0.15) is 11.3 Å². The molecule has 0 unspecified atom stereocenters. The molecule has 2 aromatic heterocycles. The number of nitrogens with zero attached hydrogens (tertiary/aromatic N) is 3. The molecule has 0 aliphatic carbocycles. The van der Waals surface area contributed by atoms with E-state index in [2.05, 4.69) is 23.4 Å². The van der Waals surface area contributed by atoms with Gasteiger partial charge >= 0.3 is 0 Å². The Hall–Kier alpha value is -1.69. The van der Waals surface area contributed by atoms with Crippen LogP contribution >= 0.6 is 11.6 Å². The molecular weight excluding hydrogens is 374 g/mol. The van der Waals surface area contributed by atoms with E-state index in [1.165, 1.54) is 0 Å². The first kappa shape index (κ1) is 19.6. The zero-order valence-electron chi connectivity index (χ0n) is 17.1. The number of unbranched alkanes of at least 4 members (excludes halogenated alkanes) is 1. The average Bonchev–Trinajstić information content (AvgIpc) is 3.00. The molecule has 5 nitrogen and oxygen atoms in total. The number of hydrogen-bond acceptors (Lipinski definition) is 4. The lowest BCUT2D eigenvalue weighted by atomic mass is 9.91. The highest BCUT2D eigenvalue weighted by molar-refractivity contribution is 6.31. The number of fused-ring (bicyclic) bond motifs is 3. The molecule has 0 radical (unpaired) electrons. The van der Waals surface area contributed by atoms with E-state index in [0.29, 0.717) is 18.2 Å². The van der Waals surface area contributed by atoms with E-state index in [1.807, 2.05) is 38.2 Å². The van der Waals surface area contributed by atoms with Crippen LogP contribution in [0.1, 0.15) is 46.4 Å². The molecule has 1 saturated heterocycles. The van der Waals surface area contributed by atoms with Crippen LogP contribution in [0.15, 0.2) is 24.4 Å². The van der Waals surface area contributed by atoms with Gasteiger partial charge in [0.05, 0.1) is 30.4 Å². The summed E-state index contributed by atoms with van der Waals surface area (Å²) in [6.07, 6.45) is 5.05. The Morgan fingerprint density at radius 1 is 1.14 bits per heavy atom. The molecule has 0 bridgehead atoms. The maximum Gasteiger partial charge on any atom is 0.162 e. The van der Waals surface area contributed by atoms with E-state index in [4.69, 9.17) is 26.1 Å². The molecule has 3 aromatic rings. The molecule has 0 saturated carbocycles. The summed E-state index contributed by atoms with van der Waals surface area (Å²) in [6, 6.07) is 5.88. The zero-order valence-corrected chi connectivity index (χ0v) is 17.8. The van der Waals surface area contributed by atoms with E-state index in [9.17, 15) is 0 Å². The molecule has 0 atom stereocenters. The molecule has 1 aromatic carbocycles. The molecule has 0 spiro atoms. The maximum atomic E-state index is 6.19. The van der Waals surface area contributed by atoms with Crippen molar-refractivity contribution >= 4 is 33.5 Å². The molecule has 28 heavy (non-hydrogen) atoms. The van der Waals surface area contributed by atoms with Crippen molar-refractivity contribution in [1.82, 2.24) is 14.5 Å².